The van der Waals surface area contributed by atoms with Crippen molar-refractivity contribution in [1.82, 2.24) is 20.1 Å². The first kappa shape index (κ1) is 9.65. The molecule has 1 N–H and O–H groups in total. The van der Waals surface area contributed by atoms with Crippen molar-refractivity contribution in [2.45, 2.75) is 38.6 Å². The van der Waals surface area contributed by atoms with E-state index < -0.39 is 0 Å². The van der Waals surface area contributed by atoms with Crippen LogP contribution in [-0.2, 0) is 13.5 Å². The normalized spacial score (nSPS) is 27.1. The molecule has 0 spiro atoms. The van der Waals surface area contributed by atoms with Crippen molar-refractivity contribution in [1.29, 1.82) is 0 Å². The number of hydrogen-bond acceptors (Lipinski definition) is 3. The Morgan fingerprint density at radius 3 is 2.86 bits per heavy atom. The van der Waals surface area contributed by atoms with Crippen molar-refractivity contribution in [3.05, 3.63) is 11.6 Å². The molecule has 0 amide bonds. The van der Waals surface area contributed by atoms with Gasteiger partial charge in [-0.1, -0.05) is 6.92 Å². The molecule has 0 aromatic carbocycles. The van der Waals surface area contributed by atoms with Crippen LogP contribution in [0.25, 0.3) is 0 Å². The molecule has 2 heterocycles. The number of nitrogens with zero attached hydrogens (tertiary/aromatic N) is 3. The molecule has 2 atom stereocenters. The zero-order valence-electron chi connectivity index (χ0n) is 9.12. The average Bonchev–Trinajstić information content (AvgIpc) is 2.72. The zero-order chi connectivity index (χ0) is 10.1. The number of aryl methyl sites for hydroxylation is 2. The maximum Gasteiger partial charge on any atom is 0.150 e. The van der Waals surface area contributed by atoms with Gasteiger partial charge in [0, 0.05) is 25.4 Å². The largest absolute Gasteiger partial charge is 0.314 e. The Labute approximate surface area is 84.7 Å². The summed E-state index contributed by atoms with van der Waals surface area (Å²) in [5, 5.41) is 7.83. The van der Waals surface area contributed by atoms with Crippen molar-refractivity contribution >= 4 is 0 Å². The molecular formula is C10H18N4. The molecule has 1 aliphatic heterocycles. The standard InChI is InChI=1S/C10H18N4/c1-4-9-12-10(14(3)13-9)8-5-6-11-7(8)2/h7-8,11H,4-6H2,1-3H3. The van der Waals surface area contributed by atoms with E-state index in [1.54, 1.807) is 0 Å². The van der Waals surface area contributed by atoms with Gasteiger partial charge in [0.25, 0.3) is 0 Å². The summed E-state index contributed by atoms with van der Waals surface area (Å²) in [4.78, 5) is 4.57. The summed E-state index contributed by atoms with van der Waals surface area (Å²) < 4.78 is 1.94. The Kier molecular flexibility index (Phi) is 2.54. The molecule has 1 saturated heterocycles. The van der Waals surface area contributed by atoms with Crippen molar-refractivity contribution in [3.8, 4) is 0 Å². The monoisotopic (exact) mass is 194 g/mol. The van der Waals surface area contributed by atoms with Crippen molar-refractivity contribution in [3.63, 3.8) is 0 Å². The molecule has 0 saturated carbocycles. The van der Waals surface area contributed by atoms with Gasteiger partial charge in [-0.05, 0) is 19.9 Å². The number of hydrogen-bond donors (Lipinski definition) is 1. The summed E-state index contributed by atoms with van der Waals surface area (Å²) in [5.74, 6) is 2.63. The minimum Gasteiger partial charge on any atom is -0.314 e. The van der Waals surface area contributed by atoms with Crippen molar-refractivity contribution in [2.24, 2.45) is 7.05 Å². The quantitative estimate of drug-likeness (QED) is 0.758. The zero-order valence-corrected chi connectivity index (χ0v) is 9.12. The van der Waals surface area contributed by atoms with Gasteiger partial charge in [0.2, 0.25) is 0 Å². The van der Waals surface area contributed by atoms with Gasteiger partial charge < -0.3 is 5.32 Å². The predicted octanol–water partition coefficient (Wildman–Crippen LogP) is 0.843. The van der Waals surface area contributed by atoms with Crippen molar-refractivity contribution < 1.29 is 0 Å². The fourth-order valence-corrected chi connectivity index (χ4v) is 2.14. The molecule has 2 rings (SSSR count). The van der Waals surface area contributed by atoms with Crippen LogP contribution in [0.1, 0.15) is 37.8 Å². The minimum absolute atomic E-state index is 0.530. The van der Waals surface area contributed by atoms with Crippen molar-refractivity contribution in [2.75, 3.05) is 6.54 Å². The third kappa shape index (κ3) is 1.54. The van der Waals surface area contributed by atoms with Gasteiger partial charge in [0.15, 0.2) is 5.82 Å². The summed E-state index contributed by atoms with van der Waals surface area (Å²) in [6.07, 6.45) is 2.10. The fourth-order valence-electron chi connectivity index (χ4n) is 2.14. The van der Waals surface area contributed by atoms with E-state index in [4.69, 9.17) is 0 Å². The molecule has 1 fully saturated rings. The highest BCUT2D eigenvalue weighted by Gasteiger charge is 2.28. The Morgan fingerprint density at radius 1 is 1.57 bits per heavy atom. The first-order chi connectivity index (χ1) is 6.72. The highest BCUT2D eigenvalue weighted by molar-refractivity contribution is 5.06. The highest BCUT2D eigenvalue weighted by Crippen LogP contribution is 2.25. The van der Waals surface area contributed by atoms with Crippen LogP contribution in [0.3, 0.4) is 0 Å². The van der Waals surface area contributed by atoms with Gasteiger partial charge in [0.1, 0.15) is 5.82 Å². The second-order valence-corrected chi connectivity index (χ2v) is 4.00. The van der Waals surface area contributed by atoms with E-state index in [0.29, 0.717) is 12.0 Å². The van der Waals surface area contributed by atoms with Crippen LogP contribution in [-0.4, -0.2) is 27.4 Å². The number of rotatable bonds is 2. The third-order valence-electron chi connectivity index (χ3n) is 3.01. The smallest absolute Gasteiger partial charge is 0.150 e. The molecule has 1 aromatic heterocycles. The van der Waals surface area contributed by atoms with E-state index in [1.807, 2.05) is 11.7 Å². The van der Waals surface area contributed by atoms with E-state index in [-0.39, 0.29) is 0 Å². The third-order valence-corrected chi connectivity index (χ3v) is 3.01. The molecular weight excluding hydrogens is 176 g/mol. The van der Waals surface area contributed by atoms with Gasteiger partial charge in [-0.3, -0.25) is 4.68 Å². The minimum atomic E-state index is 0.530. The van der Waals surface area contributed by atoms with Gasteiger partial charge in [-0.25, -0.2) is 4.98 Å². The molecule has 14 heavy (non-hydrogen) atoms. The van der Waals surface area contributed by atoms with E-state index in [9.17, 15) is 0 Å². The molecule has 78 valence electrons. The molecule has 2 unspecified atom stereocenters. The Hall–Kier alpha value is -0.900. The van der Waals surface area contributed by atoms with Crippen LogP contribution < -0.4 is 5.32 Å². The Balaban J connectivity index is 2.26. The van der Waals surface area contributed by atoms with E-state index in [0.717, 1.165) is 24.6 Å². The van der Waals surface area contributed by atoms with E-state index >= 15 is 0 Å². The maximum atomic E-state index is 4.57. The Bertz CT molecular complexity index is 318. The van der Waals surface area contributed by atoms with Crippen LogP contribution >= 0.6 is 0 Å². The number of nitrogens with one attached hydrogen (secondary N) is 1. The summed E-state index contributed by atoms with van der Waals surface area (Å²) in [7, 11) is 1.99. The summed E-state index contributed by atoms with van der Waals surface area (Å²) >= 11 is 0. The summed E-state index contributed by atoms with van der Waals surface area (Å²) in [6.45, 7) is 5.41. The van der Waals surface area contributed by atoms with E-state index in [1.165, 1.54) is 6.42 Å². The molecule has 4 heteroatoms. The summed E-state index contributed by atoms with van der Waals surface area (Å²) in [6, 6.07) is 0.530. The lowest BCUT2D eigenvalue weighted by atomic mass is 10.0. The second-order valence-electron chi connectivity index (χ2n) is 4.00. The molecule has 0 radical (unpaired) electrons. The fraction of sp³-hybridized carbons (Fsp3) is 0.800. The van der Waals surface area contributed by atoms with Gasteiger partial charge in [-0.2, -0.15) is 5.10 Å². The Morgan fingerprint density at radius 2 is 2.36 bits per heavy atom. The molecule has 4 nitrogen and oxygen atoms in total. The molecule has 1 aliphatic rings. The van der Waals surface area contributed by atoms with E-state index in [2.05, 4.69) is 29.2 Å². The first-order valence-electron chi connectivity index (χ1n) is 5.35. The molecule has 0 bridgehead atoms. The number of aromatic nitrogens is 3. The van der Waals surface area contributed by atoms with Gasteiger partial charge in [0.05, 0.1) is 0 Å². The van der Waals surface area contributed by atoms with Gasteiger partial charge in [-0.15, -0.1) is 0 Å². The summed E-state index contributed by atoms with van der Waals surface area (Å²) in [5.41, 5.74) is 0. The van der Waals surface area contributed by atoms with Crippen LogP contribution in [0.15, 0.2) is 0 Å². The lowest BCUT2D eigenvalue weighted by Crippen LogP contribution is -2.23. The lowest BCUT2D eigenvalue weighted by Gasteiger charge is -2.13. The second kappa shape index (κ2) is 3.69. The highest BCUT2D eigenvalue weighted by atomic mass is 15.3. The van der Waals surface area contributed by atoms with Crippen LogP contribution in [0.4, 0.5) is 0 Å². The first-order valence-corrected chi connectivity index (χ1v) is 5.35. The average molecular weight is 194 g/mol. The molecule has 1 aromatic rings. The SMILES string of the molecule is CCc1nc(C2CCNC2C)n(C)n1. The maximum absolute atomic E-state index is 4.57. The lowest BCUT2D eigenvalue weighted by molar-refractivity contribution is 0.537. The van der Waals surface area contributed by atoms with Crippen LogP contribution in [0.5, 0.6) is 0 Å². The topological polar surface area (TPSA) is 42.7 Å². The predicted molar refractivity (Wildman–Crippen MR) is 55.2 cm³/mol. The van der Waals surface area contributed by atoms with Crippen LogP contribution in [0.2, 0.25) is 0 Å². The van der Waals surface area contributed by atoms with Crippen LogP contribution in [0, 0.1) is 0 Å². The van der Waals surface area contributed by atoms with Gasteiger partial charge >= 0.3 is 0 Å². The molecule has 0 aliphatic carbocycles.